The van der Waals surface area contributed by atoms with E-state index in [4.69, 9.17) is 5.73 Å². The van der Waals surface area contributed by atoms with Gasteiger partial charge in [-0.2, -0.15) is 5.10 Å². The van der Waals surface area contributed by atoms with E-state index >= 15 is 0 Å². The Hall–Kier alpha value is -1.89. The summed E-state index contributed by atoms with van der Waals surface area (Å²) in [6, 6.07) is 0. The normalized spacial score (nSPS) is 10.6. The van der Waals surface area contributed by atoms with Crippen molar-refractivity contribution in [3.8, 4) is 0 Å². The summed E-state index contributed by atoms with van der Waals surface area (Å²) in [6.07, 6.45) is 1.48. The fraction of sp³-hybridized carbons (Fsp3) is 0.364. The van der Waals surface area contributed by atoms with Gasteiger partial charge in [-0.25, -0.2) is 4.98 Å². The minimum atomic E-state index is -0.154. The molecule has 0 aliphatic carbocycles. The summed E-state index contributed by atoms with van der Waals surface area (Å²) in [4.78, 5) is 18.1. The van der Waals surface area contributed by atoms with E-state index in [2.05, 4.69) is 10.1 Å². The zero-order valence-electron chi connectivity index (χ0n) is 10.5. The highest BCUT2D eigenvalue weighted by atomic mass is 32.1. The van der Waals surface area contributed by atoms with Crippen LogP contribution in [0.15, 0.2) is 11.6 Å². The molecule has 2 aromatic rings. The molecule has 2 aromatic heterocycles. The number of hydrogen-bond acceptors (Lipinski definition) is 5. The molecule has 2 heterocycles. The van der Waals surface area contributed by atoms with Crippen molar-refractivity contribution in [2.24, 2.45) is 7.05 Å². The molecule has 0 unspecified atom stereocenters. The second-order valence-electron chi connectivity index (χ2n) is 4.09. The zero-order chi connectivity index (χ0) is 13.3. The average molecular weight is 265 g/mol. The number of nitrogens with zero attached hydrogens (tertiary/aromatic N) is 4. The lowest BCUT2D eigenvalue weighted by Crippen LogP contribution is -2.28. The third-order valence-electron chi connectivity index (χ3n) is 2.58. The Morgan fingerprint density at radius 3 is 2.83 bits per heavy atom. The largest absolute Gasteiger partial charge is 0.396 e. The zero-order valence-corrected chi connectivity index (χ0v) is 11.4. The van der Waals surface area contributed by atoms with Crippen molar-refractivity contribution in [1.29, 1.82) is 0 Å². The molecule has 0 saturated carbocycles. The summed E-state index contributed by atoms with van der Waals surface area (Å²) >= 11 is 1.57. The van der Waals surface area contributed by atoms with Crippen LogP contribution in [-0.2, 0) is 13.6 Å². The molecule has 18 heavy (non-hydrogen) atoms. The number of anilines is 1. The van der Waals surface area contributed by atoms with Gasteiger partial charge in [0, 0.05) is 19.5 Å². The Balaban J connectivity index is 2.14. The van der Waals surface area contributed by atoms with Gasteiger partial charge in [0.1, 0.15) is 5.69 Å². The molecule has 0 saturated heterocycles. The lowest BCUT2D eigenvalue weighted by molar-refractivity contribution is 0.0773. The van der Waals surface area contributed by atoms with Gasteiger partial charge < -0.3 is 10.6 Å². The highest BCUT2D eigenvalue weighted by Gasteiger charge is 2.19. The van der Waals surface area contributed by atoms with Gasteiger partial charge in [0.25, 0.3) is 5.91 Å². The Morgan fingerprint density at radius 2 is 2.33 bits per heavy atom. The minimum Gasteiger partial charge on any atom is -0.396 e. The van der Waals surface area contributed by atoms with Gasteiger partial charge in [-0.05, 0) is 6.92 Å². The van der Waals surface area contributed by atoms with Crippen molar-refractivity contribution in [1.82, 2.24) is 19.7 Å². The van der Waals surface area contributed by atoms with Crippen LogP contribution in [0, 0.1) is 6.92 Å². The number of carbonyl (C=O) groups excluding carboxylic acids is 1. The SMILES string of the molecule is Cc1nc(CN(C)C(=O)c2c(N)cnn2C)cs1. The van der Waals surface area contributed by atoms with Crippen molar-refractivity contribution >= 4 is 22.9 Å². The number of rotatable bonds is 3. The lowest BCUT2D eigenvalue weighted by Gasteiger charge is -2.16. The van der Waals surface area contributed by atoms with Crippen LogP contribution in [0.3, 0.4) is 0 Å². The smallest absolute Gasteiger partial charge is 0.274 e. The van der Waals surface area contributed by atoms with E-state index < -0.39 is 0 Å². The van der Waals surface area contributed by atoms with E-state index in [1.165, 1.54) is 10.9 Å². The summed E-state index contributed by atoms with van der Waals surface area (Å²) < 4.78 is 1.49. The lowest BCUT2D eigenvalue weighted by atomic mass is 10.3. The molecule has 0 aromatic carbocycles. The van der Waals surface area contributed by atoms with Crippen molar-refractivity contribution in [3.05, 3.63) is 28.0 Å². The average Bonchev–Trinajstić information content (AvgIpc) is 2.85. The van der Waals surface area contributed by atoms with Crippen molar-refractivity contribution in [2.75, 3.05) is 12.8 Å². The van der Waals surface area contributed by atoms with Crippen molar-refractivity contribution in [2.45, 2.75) is 13.5 Å². The van der Waals surface area contributed by atoms with Crippen molar-refractivity contribution < 1.29 is 4.79 Å². The number of carbonyl (C=O) groups is 1. The Kier molecular flexibility index (Phi) is 3.33. The van der Waals surface area contributed by atoms with Crippen LogP contribution < -0.4 is 5.73 Å². The summed E-state index contributed by atoms with van der Waals surface area (Å²) in [5.74, 6) is -0.154. The molecule has 2 N–H and O–H groups in total. The van der Waals surface area contributed by atoms with Crippen LogP contribution in [0.25, 0.3) is 0 Å². The Labute approximate surface area is 109 Å². The molecule has 1 amide bonds. The van der Waals surface area contributed by atoms with Crippen LogP contribution in [0.5, 0.6) is 0 Å². The minimum absolute atomic E-state index is 0.154. The number of thiazole rings is 1. The quantitative estimate of drug-likeness (QED) is 0.899. The van der Waals surface area contributed by atoms with E-state index in [9.17, 15) is 4.79 Å². The molecule has 6 nitrogen and oxygen atoms in total. The number of amides is 1. The molecule has 0 bridgehead atoms. The van der Waals surface area contributed by atoms with Crippen LogP contribution in [-0.4, -0.2) is 32.6 Å². The molecular formula is C11H15N5OS. The van der Waals surface area contributed by atoms with Crippen LogP contribution in [0.4, 0.5) is 5.69 Å². The van der Waals surface area contributed by atoms with Crippen LogP contribution in [0.2, 0.25) is 0 Å². The number of nitrogens with two attached hydrogens (primary N) is 1. The Bertz CT molecular complexity index is 554. The first-order valence-electron chi connectivity index (χ1n) is 5.43. The Morgan fingerprint density at radius 1 is 1.61 bits per heavy atom. The predicted octanol–water partition coefficient (Wildman–Crippen LogP) is 1.04. The molecule has 0 spiro atoms. The van der Waals surface area contributed by atoms with E-state index in [1.54, 1.807) is 30.3 Å². The van der Waals surface area contributed by atoms with Crippen molar-refractivity contribution in [3.63, 3.8) is 0 Å². The van der Waals surface area contributed by atoms with E-state index in [0.29, 0.717) is 17.9 Å². The fourth-order valence-corrected chi connectivity index (χ4v) is 2.30. The maximum atomic E-state index is 12.2. The summed E-state index contributed by atoms with van der Waals surface area (Å²) in [5, 5.41) is 6.90. The molecule has 0 aliphatic rings. The molecule has 96 valence electrons. The third-order valence-corrected chi connectivity index (χ3v) is 3.40. The number of nitrogen functional groups attached to an aromatic ring is 1. The van der Waals surface area contributed by atoms with Gasteiger partial charge in [0.2, 0.25) is 0 Å². The van der Waals surface area contributed by atoms with Gasteiger partial charge in [-0.1, -0.05) is 0 Å². The van der Waals surface area contributed by atoms with Gasteiger partial charge in [-0.3, -0.25) is 9.48 Å². The summed E-state index contributed by atoms with van der Waals surface area (Å²) in [7, 11) is 3.42. The highest BCUT2D eigenvalue weighted by Crippen LogP contribution is 2.15. The van der Waals surface area contributed by atoms with E-state index in [0.717, 1.165) is 10.7 Å². The van der Waals surface area contributed by atoms with Gasteiger partial charge in [0.05, 0.1) is 29.1 Å². The maximum Gasteiger partial charge on any atom is 0.274 e. The molecule has 0 atom stereocenters. The number of hydrogen-bond donors (Lipinski definition) is 1. The molecular weight excluding hydrogens is 250 g/mol. The van der Waals surface area contributed by atoms with Gasteiger partial charge in [0.15, 0.2) is 0 Å². The first-order valence-corrected chi connectivity index (χ1v) is 6.31. The molecule has 0 fully saturated rings. The first-order chi connectivity index (χ1) is 8.49. The second-order valence-corrected chi connectivity index (χ2v) is 5.15. The maximum absolute atomic E-state index is 12.2. The molecule has 0 radical (unpaired) electrons. The van der Waals surface area contributed by atoms with Crippen LogP contribution >= 0.6 is 11.3 Å². The first kappa shape index (κ1) is 12.6. The predicted molar refractivity (Wildman–Crippen MR) is 70.3 cm³/mol. The summed E-state index contributed by atoms with van der Waals surface area (Å²) in [5.41, 5.74) is 7.42. The second kappa shape index (κ2) is 4.77. The van der Waals surface area contributed by atoms with E-state index in [-0.39, 0.29) is 5.91 Å². The highest BCUT2D eigenvalue weighted by molar-refractivity contribution is 7.09. The monoisotopic (exact) mass is 265 g/mol. The fourth-order valence-electron chi connectivity index (χ4n) is 1.69. The van der Waals surface area contributed by atoms with Gasteiger partial charge in [-0.15, -0.1) is 11.3 Å². The molecule has 2 rings (SSSR count). The van der Waals surface area contributed by atoms with E-state index in [1.807, 2.05) is 12.3 Å². The standard InChI is InChI=1S/C11H15N5OS/c1-7-14-8(6-18-7)5-15(2)11(17)10-9(12)4-13-16(10)3/h4,6H,5,12H2,1-3H3. The molecule has 0 aliphatic heterocycles. The topological polar surface area (TPSA) is 77.0 Å². The third kappa shape index (κ3) is 2.35. The van der Waals surface area contributed by atoms with Gasteiger partial charge >= 0.3 is 0 Å². The summed E-state index contributed by atoms with van der Waals surface area (Å²) in [6.45, 7) is 2.41. The molecule has 7 heteroatoms. The number of aromatic nitrogens is 3. The number of aryl methyl sites for hydroxylation is 2. The van der Waals surface area contributed by atoms with Crippen LogP contribution in [0.1, 0.15) is 21.2 Å².